The Hall–Kier alpha value is -0.800. The van der Waals surface area contributed by atoms with E-state index in [-0.39, 0.29) is 6.54 Å². The summed E-state index contributed by atoms with van der Waals surface area (Å²) in [7, 11) is 0. The smallest absolute Gasteiger partial charge is 0.0880 e. The van der Waals surface area contributed by atoms with Crippen molar-refractivity contribution in [2.24, 2.45) is 5.73 Å². The van der Waals surface area contributed by atoms with E-state index in [0.717, 1.165) is 4.90 Å². The van der Waals surface area contributed by atoms with Crippen molar-refractivity contribution in [2.75, 3.05) is 12.3 Å². The van der Waals surface area contributed by atoms with E-state index in [9.17, 15) is 4.39 Å². The van der Waals surface area contributed by atoms with Gasteiger partial charge in [-0.15, -0.1) is 11.8 Å². The number of benzene rings is 1. The van der Waals surface area contributed by atoms with E-state index in [1.807, 2.05) is 30.3 Å². The molecule has 0 saturated carbocycles. The van der Waals surface area contributed by atoms with Crippen molar-refractivity contribution in [2.45, 2.75) is 4.90 Å². The van der Waals surface area contributed by atoms with Gasteiger partial charge in [0.05, 0.1) is 6.33 Å². The summed E-state index contributed by atoms with van der Waals surface area (Å²) in [5.41, 5.74) is 5.96. The third kappa shape index (κ3) is 3.61. The molecule has 0 aliphatic carbocycles. The lowest BCUT2D eigenvalue weighted by atomic mass is 10.3. The largest absolute Gasteiger partial charge is 0.327 e. The van der Waals surface area contributed by atoms with Gasteiger partial charge in [0, 0.05) is 17.2 Å². The maximum atomic E-state index is 12.1. The normalized spacial score (nSPS) is 11.7. The molecule has 3 heteroatoms. The molecule has 0 heterocycles. The van der Waals surface area contributed by atoms with Crippen molar-refractivity contribution in [1.29, 1.82) is 0 Å². The summed E-state index contributed by atoms with van der Waals surface area (Å²) in [6, 6.07) is 9.88. The highest BCUT2D eigenvalue weighted by Gasteiger charge is 1.96. The lowest BCUT2D eigenvalue weighted by Gasteiger charge is -2.01. The second-order valence-corrected chi connectivity index (χ2v) is 3.62. The first-order valence-electron chi connectivity index (χ1n) is 4.03. The summed E-state index contributed by atoms with van der Waals surface area (Å²) in [6.07, 6.45) is 0.593. The van der Waals surface area contributed by atoms with Crippen LogP contribution in [0.2, 0.25) is 0 Å². The van der Waals surface area contributed by atoms with E-state index in [4.69, 9.17) is 5.73 Å². The number of hydrogen-bond acceptors (Lipinski definition) is 2. The van der Waals surface area contributed by atoms with Crippen molar-refractivity contribution in [3.05, 3.63) is 42.2 Å². The van der Waals surface area contributed by atoms with Crippen molar-refractivity contribution >= 4 is 11.8 Å². The Balaban J connectivity index is 2.43. The minimum Gasteiger partial charge on any atom is -0.327 e. The molecule has 13 heavy (non-hydrogen) atoms. The number of hydrogen-bond donors (Lipinski definition) is 1. The van der Waals surface area contributed by atoms with Crippen LogP contribution in [0.25, 0.3) is 0 Å². The van der Waals surface area contributed by atoms with Crippen LogP contribution in [-0.2, 0) is 0 Å². The SMILES string of the molecule is NC/C(=C/F)CSc1ccccc1. The molecule has 0 fully saturated rings. The van der Waals surface area contributed by atoms with Crippen molar-refractivity contribution in [3.63, 3.8) is 0 Å². The third-order valence-corrected chi connectivity index (χ3v) is 2.70. The topological polar surface area (TPSA) is 26.0 Å². The molecule has 2 N–H and O–H groups in total. The molecule has 0 amide bonds. The molecule has 0 atom stereocenters. The summed E-state index contributed by atoms with van der Waals surface area (Å²) in [4.78, 5) is 1.13. The zero-order valence-electron chi connectivity index (χ0n) is 7.24. The first-order valence-corrected chi connectivity index (χ1v) is 5.01. The van der Waals surface area contributed by atoms with Gasteiger partial charge in [0.25, 0.3) is 0 Å². The standard InChI is InChI=1S/C10H12FNS/c11-6-9(7-12)8-13-10-4-2-1-3-5-10/h1-6H,7-8,12H2/b9-6-. The molecule has 0 bridgehead atoms. The molecule has 0 aliphatic rings. The lowest BCUT2D eigenvalue weighted by molar-refractivity contribution is 0.706. The highest BCUT2D eigenvalue weighted by molar-refractivity contribution is 7.99. The molecule has 70 valence electrons. The van der Waals surface area contributed by atoms with Gasteiger partial charge in [0.15, 0.2) is 0 Å². The highest BCUT2D eigenvalue weighted by Crippen LogP contribution is 2.19. The van der Waals surface area contributed by atoms with Gasteiger partial charge in [-0.25, -0.2) is 4.39 Å². The fourth-order valence-electron chi connectivity index (χ4n) is 0.828. The fraction of sp³-hybridized carbons (Fsp3) is 0.200. The van der Waals surface area contributed by atoms with E-state index in [0.29, 0.717) is 17.7 Å². The number of thioether (sulfide) groups is 1. The van der Waals surface area contributed by atoms with Gasteiger partial charge in [-0.05, 0) is 17.7 Å². The summed E-state index contributed by atoms with van der Waals surface area (Å²) >= 11 is 1.59. The first kappa shape index (κ1) is 10.3. The predicted molar refractivity (Wildman–Crippen MR) is 55.4 cm³/mol. The highest BCUT2D eigenvalue weighted by atomic mass is 32.2. The van der Waals surface area contributed by atoms with E-state index in [2.05, 4.69) is 0 Å². The van der Waals surface area contributed by atoms with Crippen molar-refractivity contribution < 1.29 is 4.39 Å². The second kappa shape index (κ2) is 5.78. The van der Waals surface area contributed by atoms with Crippen LogP contribution in [0.3, 0.4) is 0 Å². The molecular weight excluding hydrogens is 185 g/mol. The Morgan fingerprint density at radius 3 is 2.62 bits per heavy atom. The van der Waals surface area contributed by atoms with E-state index in [1.54, 1.807) is 11.8 Å². The van der Waals surface area contributed by atoms with E-state index >= 15 is 0 Å². The number of halogens is 1. The van der Waals surface area contributed by atoms with E-state index < -0.39 is 0 Å². The Labute approximate surface area is 81.8 Å². The Kier molecular flexibility index (Phi) is 4.57. The van der Waals surface area contributed by atoms with Gasteiger partial charge < -0.3 is 5.73 Å². The van der Waals surface area contributed by atoms with Crippen LogP contribution < -0.4 is 5.73 Å². The average molecular weight is 197 g/mol. The molecule has 1 rings (SSSR count). The van der Waals surface area contributed by atoms with Gasteiger partial charge in [-0.2, -0.15) is 0 Å². The summed E-state index contributed by atoms with van der Waals surface area (Å²) in [6.45, 7) is 0.288. The molecule has 0 saturated heterocycles. The van der Waals surface area contributed by atoms with E-state index in [1.165, 1.54) is 0 Å². The number of rotatable bonds is 4. The fourth-order valence-corrected chi connectivity index (χ4v) is 1.71. The maximum Gasteiger partial charge on any atom is 0.0880 e. The van der Waals surface area contributed by atoms with Gasteiger partial charge in [-0.1, -0.05) is 18.2 Å². The van der Waals surface area contributed by atoms with Crippen molar-refractivity contribution in [1.82, 2.24) is 0 Å². The van der Waals surface area contributed by atoms with Crippen LogP contribution >= 0.6 is 11.8 Å². The second-order valence-electron chi connectivity index (χ2n) is 2.57. The average Bonchev–Trinajstić information content (AvgIpc) is 2.21. The Morgan fingerprint density at radius 1 is 1.38 bits per heavy atom. The summed E-state index contributed by atoms with van der Waals surface area (Å²) < 4.78 is 12.1. The molecule has 0 unspecified atom stereocenters. The first-order chi connectivity index (χ1) is 6.36. The molecule has 1 nitrogen and oxygen atoms in total. The lowest BCUT2D eigenvalue weighted by Crippen LogP contribution is -2.04. The molecule has 0 aliphatic heterocycles. The summed E-state index contributed by atoms with van der Waals surface area (Å²) in [5, 5.41) is 0. The maximum absolute atomic E-state index is 12.1. The van der Waals surface area contributed by atoms with Crippen LogP contribution in [0.4, 0.5) is 4.39 Å². The van der Waals surface area contributed by atoms with Crippen molar-refractivity contribution in [3.8, 4) is 0 Å². The third-order valence-electron chi connectivity index (χ3n) is 1.58. The molecule has 1 aromatic carbocycles. The minimum atomic E-state index is 0.288. The van der Waals surface area contributed by atoms with Crippen LogP contribution in [-0.4, -0.2) is 12.3 Å². The molecule has 0 aromatic heterocycles. The van der Waals surface area contributed by atoms with Crippen LogP contribution in [0.15, 0.2) is 47.1 Å². The van der Waals surface area contributed by atoms with Gasteiger partial charge in [0.1, 0.15) is 0 Å². The summed E-state index contributed by atoms with van der Waals surface area (Å²) in [5.74, 6) is 0.622. The number of nitrogens with two attached hydrogens (primary N) is 1. The van der Waals surface area contributed by atoms with Gasteiger partial charge in [0.2, 0.25) is 0 Å². The predicted octanol–water partition coefficient (Wildman–Crippen LogP) is 2.59. The quantitative estimate of drug-likeness (QED) is 0.751. The Morgan fingerprint density at radius 2 is 2.08 bits per heavy atom. The van der Waals surface area contributed by atoms with Crippen LogP contribution in [0.5, 0.6) is 0 Å². The molecule has 1 aromatic rings. The van der Waals surface area contributed by atoms with Crippen LogP contribution in [0.1, 0.15) is 0 Å². The van der Waals surface area contributed by atoms with Gasteiger partial charge in [-0.3, -0.25) is 0 Å². The molecule has 0 radical (unpaired) electrons. The molecule has 0 spiro atoms. The Bertz CT molecular complexity index is 272. The zero-order valence-corrected chi connectivity index (χ0v) is 8.06. The van der Waals surface area contributed by atoms with Crippen LogP contribution in [0, 0.1) is 0 Å². The van der Waals surface area contributed by atoms with Gasteiger partial charge >= 0.3 is 0 Å². The monoisotopic (exact) mass is 197 g/mol. The minimum absolute atomic E-state index is 0.288. The molecular formula is C10H12FNS. The zero-order chi connectivity index (χ0) is 9.52.